The van der Waals surface area contributed by atoms with Gasteiger partial charge in [0.25, 0.3) is 5.91 Å². The van der Waals surface area contributed by atoms with Crippen LogP contribution < -0.4 is 14.2 Å². The maximum atomic E-state index is 14.0. The van der Waals surface area contributed by atoms with Crippen LogP contribution in [0.15, 0.2) is 66.7 Å². The average molecular weight is 476 g/mol. The van der Waals surface area contributed by atoms with Crippen LogP contribution >= 0.6 is 0 Å². The second-order valence-electron chi connectivity index (χ2n) is 8.26. The van der Waals surface area contributed by atoms with Gasteiger partial charge >= 0.3 is 5.97 Å². The third-order valence-electron chi connectivity index (χ3n) is 6.20. The van der Waals surface area contributed by atoms with E-state index < -0.39 is 18.1 Å². The zero-order valence-electron chi connectivity index (χ0n) is 20.3. The molecular weight excluding hydrogens is 446 g/mol. The van der Waals surface area contributed by atoms with Crippen molar-refractivity contribution in [3.05, 3.63) is 89.0 Å². The molecule has 0 unspecified atom stereocenters. The van der Waals surface area contributed by atoms with Gasteiger partial charge in [0.2, 0.25) is 6.10 Å². The van der Waals surface area contributed by atoms with Gasteiger partial charge in [-0.15, -0.1) is 0 Å². The fourth-order valence-corrected chi connectivity index (χ4v) is 4.53. The van der Waals surface area contributed by atoms with Crippen molar-refractivity contribution in [2.24, 2.45) is 0 Å². The van der Waals surface area contributed by atoms with E-state index in [0.29, 0.717) is 30.0 Å². The number of esters is 1. The van der Waals surface area contributed by atoms with Crippen LogP contribution in [0.4, 0.5) is 0 Å². The van der Waals surface area contributed by atoms with Gasteiger partial charge in [0.05, 0.1) is 27.4 Å². The average Bonchev–Trinajstić information content (AvgIpc) is 2.90. The molecule has 1 aliphatic heterocycles. The molecule has 0 saturated carbocycles. The summed E-state index contributed by atoms with van der Waals surface area (Å²) in [5.41, 5.74) is 3.53. The zero-order valence-corrected chi connectivity index (χ0v) is 20.3. The molecular formula is C28H29NO6. The van der Waals surface area contributed by atoms with Crippen LogP contribution in [-0.2, 0) is 20.7 Å². The van der Waals surface area contributed by atoms with Gasteiger partial charge in [-0.25, -0.2) is 0 Å². The lowest BCUT2D eigenvalue weighted by atomic mass is 9.87. The van der Waals surface area contributed by atoms with Gasteiger partial charge in [-0.1, -0.05) is 42.5 Å². The predicted octanol–water partition coefficient (Wildman–Crippen LogP) is 4.49. The molecule has 3 aromatic rings. The number of hydrogen-bond acceptors (Lipinski definition) is 6. The molecule has 1 aliphatic rings. The summed E-state index contributed by atoms with van der Waals surface area (Å²) in [4.78, 5) is 27.7. The van der Waals surface area contributed by atoms with E-state index in [-0.39, 0.29) is 5.91 Å². The van der Waals surface area contributed by atoms with Crippen LogP contribution in [0.3, 0.4) is 0 Å². The number of ether oxygens (including phenoxy) is 4. The summed E-state index contributed by atoms with van der Waals surface area (Å²) in [5.74, 6) is 1.14. The van der Waals surface area contributed by atoms with Crippen molar-refractivity contribution < 1.29 is 28.5 Å². The smallest absolute Gasteiger partial charge is 0.303 e. The molecule has 182 valence electrons. The minimum Gasteiger partial charge on any atom is -0.497 e. The maximum Gasteiger partial charge on any atom is 0.303 e. The molecule has 35 heavy (non-hydrogen) atoms. The van der Waals surface area contributed by atoms with Crippen LogP contribution in [0.5, 0.6) is 17.2 Å². The Kier molecular flexibility index (Phi) is 7.25. The molecule has 0 N–H and O–H groups in total. The SMILES string of the molecule is COc1ccc([C@H]2c3cc(OC)c(OC)cc3CCN2C(=O)[C@@H](OC(C)=O)c2ccccc2)cc1. The van der Waals surface area contributed by atoms with Gasteiger partial charge in [-0.2, -0.15) is 0 Å². The molecule has 0 radical (unpaired) electrons. The summed E-state index contributed by atoms with van der Waals surface area (Å²) in [6, 6.07) is 20.2. The number of methoxy groups -OCH3 is 3. The molecule has 0 spiro atoms. The Morgan fingerprint density at radius 2 is 1.54 bits per heavy atom. The number of carbonyl (C=O) groups is 2. The molecule has 7 heteroatoms. The molecule has 0 bridgehead atoms. The molecule has 0 fully saturated rings. The van der Waals surface area contributed by atoms with Crippen molar-refractivity contribution in [1.29, 1.82) is 0 Å². The van der Waals surface area contributed by atoms with E-state index in [9.17, 15) is 9.59 Å². The zero-order chi connectivity index (χ0) is 24.9. The van der Waals surface area contributed by atoms with E-state index in [2.05, 4.69) is 0 Å². The van der Waals surface area contributed by atoms with E-state index in [0.717, 1.165) is 22.4 Å². The third-order valence-corrected chi connectivity index (χ3v) is 6.20. The number of rotatable bonds is 7. The molecule has 0 aliphatic carbocycles. The highest BCUT2D eigenvalue weighted by Crippen LogP contribution is 2.42. The topological polar surface area (TPSA) is 74.3 Å². The first-order valence-electron chi connectivity index (χ1n) is 11.4. The van der Waals surface area contributed by atoms with E-state index in [1.807, 2.05) is 54.6 Å². The van der Waals surface area contributed by atoms with Crippen LogP contribution in [0.1, 0.15) is 41.3 Å². The monoisotopic (exact) mass is 475 g/mol. The Morgan fingerprint density at radius 3 is 2.14 bits per heavy atom. The molecule has 0 saturated heterocycles. The van der Waals surface area contributed by atoms with Crippen molar-refractivity contribution in [1.82, 2.24) is 4.90 Å². The van der Waals surface area contributed by atoms with Crippen LogP contribution in [-0.4, -0.2) is 44.7 Å². The Hall–Kier alpha value is -4.00. The van der Waals surface area contributed by atoms with E-state index in [1.165, 1.54) is 6.92 Å². The molecule has 4 rings (SSSR count). The highest BCUT2D eigenvalue weighted by molar-refractivity contribution is 5.86. The molecule has 3 aromatic carbocycles. The second kappa shape index (κ2) is 10.5. The fraction of sp³-hybridized carbons (Fsp3) is 0.286. The molecule has 7 nitrogen and oxygen atoms in total. The van der Waals surface area contributed by atoms with Crippen molar-refractivity contribution in [3.63, 3.8) is 0 Å². The number of nitrogens with zero attached hydrogens (tertiary/aromatic N) is 1. The Morgan fingerprint density at radius 1 is 0.886 bits per heavy atom. The van der Waals surface area contributed by atoms with Gasteiger partial charge in [0, 0.05) is 19.0 Å². The summed E-state index contributed by atoms with van der Waals surface area (Å²) >= 11 is 0. The van der Waals surface area contributed by atoms with Gasteiger partial charge in [0.1, 0.15) is 5.75 Å². The van der Waals surface area contributed by atoms with E-state index in [4.69, 9.17) is 18.9 Å². The van der Waals surface area contributed by atoms with E-state index >= 15 is 0 Å². The minimum absolute atomic E-state index is 0.285. The summed E-state index contributed by atoms with van der Waals surface area (Å²) in [6.45, 7) is 1.76. The Balaban J connectivity index is 1.83. The van der Waals surface area contributed by atoms with Gasteiger partial charge in [-0.05, 0) is 47.4 Å². The van der Waals surface area contributed by atoms with Gasteiger partial charge in [-0.3, -0.25) is 9.59 Å². The highest BCUT2D eigenvalue weighted by Gasteiger charge is 2.38. The minimum atomic E-state index is -1.05. The number of amides is 1. The second-order valence-corrected chi connectivity index (χ2v) is 8.26. The van der Waals surface area contributed by atoms with Crippen LogP contribution in [0.25, 0.3) is 0 Å². The van der Waals surface area contributed by atoms with Crippen molar-refractivity contribution in [2.45, 2.75) is 25.5 Å². The predicted molar refractivity (Wildman–Crippen MR) is 131 cm³/mol. The molecule has 1 amide bonds. The normalized spacial score (nSPS) is 15.5. The molecule has 1 heterocycles. The lowest BCUT2D eigenvalue weighted by Crippen LogP contribution is -2.43. The van der Waals surface area contributed by atoms with Crippen LogP contribution in [0, 0.1) is 0 Å². The van der Waals surface area contributed by atoms with Crippen molar-refractivity contribution in [3.8, 4) is 17.2 Å². The summed E-state index contributed by atoms with van der Waals surface area (Å²) in [7, 11) is 4.80. The number of hydrogen-bond donors (Lipinski definition) is 0. The molecule has 2 atom stereocenters. The highest BCUT2D eigenvalue weighted by atomic mass is 16.5. The lowest BCUT2D eigenvalue weighted by molar-refractivity contribution is -0.160. The first kappa shape index (κ1) is 24.1. The summed E-state index contributed by atoms with van der Waals surface area (Å²) in [5, 5.41) is 0. The Bertz CT molecular complexity index is 1190. The quantitative estimate of drug-likeness (QED) is 0.469. The third kappa shape index (κ3) is 4.94. The number of carbonyl (C=O) groups excluding carboxylic acids is 2. The largest absolute Gasteiger partial charge is 0.497 e. The lowest BCUT2D eigenvalue weighted by Gasteiger charge is -2.39. The first-order valence-corrected chi connectivity index (χ1v) is 11.4. The first-order chi connectivity index (χ1) is 17.0. The summed E-state index contributed by atoms with van der Waals surface area (Å²) in [6.07, 6.45) is -0.425. The summed E-state index contributed by atoms with van der Waals surface area (Å²) < 4.78 is 22.0. The van der Waals surface area contributed by atoms with Gasteiger partial charge in [0.15, 0.2) is 11.5 Å². The number of benzene rings is 3. The number of fused-ring (bicyclic) bond motifs is 1. The maximum absolute atomic E-state index is 14.0. The van der Waals surface area contributed by atoms with Crippen molar-refractivity contribution in [2.75, 3.05) is 27.9 Å². The fourth-order valence-electron chi connectivity index (χ4n) is 4.53. The van der Waals surface area contributed by atoms with Crippen molar-refractivity contribution >= 4 is 11.9 Å². The standard InChI is InChI=1S/C28H29NO6/c1-18(30)35-27(20-8-6-5-7-9-20)28(31)29-15-14-21-16-24(33-3)25(34-4)17-23(21)26(29)19-10-12-22(32-2)13-11-19/h5-13,16-17,26-27H,14-15H2,1-4H3/t26-,27-/m0/s1. The van der Waals surface area contributed by atoms with Crippen LogP contribution in [0.2, 0.25) is 0 Å². The Labute approximate surface area is 205 Å². The van der Waals surface area contributed by atoms with E-state index in [1.54, 1.807) is 38.4 Å². The van der Waals surface area contributed by atoms with Gasteiger partial charge < -0.3 is 23.8 Å². The molecule has 0 aromatic heterocycles.